The molecule has 2 amide bonds. The fourth-order valence-electron chi connectivity index (χ4n) is 3.22. The number of methoxy groups -OCH3 is 1. The minimum Gasteiger partial charge on any atom is -0.495 e. The van der Waals surface area contributed by atoms with Gasteiger partial charge < -0.3 is 15.0 Å². The number of likely N-dealkylation sites (N-methyl/N-ethyl adjacent to an activating group) is 1. The predicted octanol–water partition coefficient (Wildman–Crippen LogP) is 3.24. The zero-order valence-corrected chi connectivity index (χ0v) is 21.4. The Morgan fingerprint density at radius 1 is 1.12 bits per heavy atom. The third-order valence-corrected chi connectivity index (χ3v) is 6.90. The lowest BCUT2D eigenvalue weighted by atomic mass is 10.1. The number of rotatable bonds is 9. The monoisotopic (exact) mass is 515 g/mol. The van der Waals surface area contributed by atoms with Crippen molar-refractivity contribution in [1.82, 2.24) is 10.2 Å². The first-order valence-electron chi connectivity index (χ1n) is 9.96. The van der Waals surface area contributed by atoms with E-state index in [1.807, 2.05) is 0 Å². The van der Waals surface area contributed by atoms with Crippen LogP contribution in [-0.2, 0) is 26.2 Å². The Morgan fingerprint density at radius 2 is 1.79 bits per heavy atom. The van der Waals surface area contributed by atoms with E-state index in [1.54, 1.807) is 50.2 Å². The van der Waals surface area contributed by atoms with Crippen LogP contribution in [-0.4, -0.2) is 58.1 Å². The van der Waals surface area contributed by atoms with Crippen LogP contribution in [0.3, 0.4) is 0 Å². The van der Waals surface area contributed by atoms with E-state index in [0.717, 1.165) is 16.1 Å². The Hall–Kier alpha value is -2.49. The van der Waals surface area contributed by atoms with E-state index in [2.05, 4.69) is 5.32 Å². The average molecular weight is 516 g/mol. The van der Waals surface area contributed by atoms with Crippen LogP contribution in [0.15, 0.2) is 36.4 Å². The number of anilines is 1. The summed E-state index contributed by atoms with van der Waals surface area (Å²) in [7, 11) is -0.989. The molecule has 2 rings (SSSR count). The van der Waals surface area contributed by atoms with Crippen molar-refractivity contribution in [2.45, 2.75) is 26.4 Å². The molecule has 0 saturated carbocycles. The van der Waals surface area contributed by atoms with Gasteiger partial charge in [-0.2, -0.15) is 0 Å². The Morgan fingerprint density at radius 3 is 2.33 bits per heavy atom. The van der Waals surface area contributed by atoms with Crippen molar-refractivity contribution in [2.75, 3.05) is 31.3 Å². The Kier molecular flexibility index (Phi) is 8.99. The summed E-state index contributed by atoms with van der Waals surface area (Å²) in [6.45, 7) is 2.86. The maximum absolute atomic E-state index is 13.4. The number of halogens is 2. The van der Waals surface area contributed by atoms with Gasteiger partial charge in [-0.3, -0.25) is 13.9 Å². The van der Waals surface area contributed by atoms with Crippen LogP contribution in [0.25, 0.3) is 0 Å². The molecule has 0 aromatic heterocycles. The van der Waals surface area contributed by atoms with Crippen molar-refractivity contribution in [3.8, 4) is 5.75 Å². The maximum atomic E-state index is 13.4. The van der Waals surface area contributed by atoms with Crippen molar-refractivity contribution in [2.24, 2.45) is 0 Å². The van der Waals surface area contributed by atoms with Gasteiger partial charge in [-0.25, -0.2) is 8.42 Å². The highest BCUT2D eigenvalue weighted by Crippen LogP contribution is 2.31. The second kappa shape index (κ2) is 11.1. The lowest BCUT2D eigenvalue weighted by Crippen LogP contribution is -2.50. The normalized spacial score (nSPS) is 12.1. The fourth-order valence-corrected chi connectivity index (χ4v) is 4.38. The van der Waals surface area contributed by atoms with Gasteiger partial charge >= 0.3 is 0 Å². The molecule has 0 bridgehead atoms. The van der Waals surface area contributed by atoms with E-state index >= 15 is 0 Å². The van der Waals surface area contributed by atoms with Crippen LogP contribution < -0.4 is 14.4 Å². The second-order valence-corrected chi connectivity index (χ2v) is 10.2. The number of benzene rings is 2. The van der Waals surface area contributed by atoms with Crippen LogP contribution >= 0.6 is 23.2 Å². The van der Waals surface area contributed by atoms with E-state index in [-0.39, 0.29) is 12.2 Å². The highest BCUT2D eigenvalue weighted by atomic mass is 35.5. The van der Waals surface area contributed by atoms with E-state index in [1.165, 1.54) is 19.1 Å². The number of aryl methyl sites for hydroxylation is 1. The van der Waals surface area contributed by atoms with Crippen LogP contribution in [0.1, 0.15) is 18.1 Å². The highest BCUT2D eigenvalue weighted by molar-refractivity contribution is 7.92. The summed E-state index contributed by atoms with van der Waals surface area (Å²) in [5, 5.41) is 3.17. The number of hydrogen-bond donors (Lipinski definition) is 1. The Labute approximate surface area is 204 Å². The summed E-state index contributed by atoms with van der Waals surface area (Å²) in [4.78, 5) is 27.1. The quantitative estimate of drug-likeness (QED) is 0.552. The van der Waals surface area contributed by atoms with Crippen LogP contribution in [0.2, 0.25) is 10.0 Å². The summed E-state index contributed by atoms with van der Waals surface area (Å²) < 4.78 is 31.6. The van der Waals surface area contributed by atoms with Crippen LogP contribution in [0.4, 0.5) is 5.69 Å². The summed E-state index contributed by atoms with van der Waals surface area (Å²) >= 11 is 12.1. The fraction of sp³-hybridized carbons (Fsp3) is 0.364. The summed E-state index contributed by atoms with van der Waals surface area (Å²) in [6, 6.07) is 9.02. The molecule has 0 radical (unpaired) electrons. The van der Waals surface area contributed by atoms with Gasteiger partial charge in [0.2, 0.25) is 21.8 Å². The summed E-state index contributed by atoms with van der Waals surface area (Å²) in [6.07, 6.45) is 1.01. The molecule has 33 heavy (non-hydrogen) atoms. The number of carbonyl (C=O) groups excluding carboxylic acids is 2. The highest BCUT2D eigenvalue weighted by Gasteiger charge is 2.31. The first-order valence-corrected chi connectivity index (χ1v) is 12.6. The van der Waals surface area contributed by atoms with E-state index in [9.17, 15) is 18.0 Å². The van der Waals surface area contributed by atoms with Crippen molar-refractivity contribution < 1.29 is 22.7 Å². The summed E-state index contributed by atoms with van der Waals surface area (Å²) in [5.74, 6) is -0.678. The zero-order chi connectivity index (χ0) is 24.9. The molecule has 1 N–H and O–H groups in total. The first-order chi connectivity index (χ1) is 15.4. The SMILES string of the molecule is CNC(=O)[C@H](C)N(Cc1ccc(Cl)c(Cl)c1)C(=O)CN(c1cc(C)ccc1OC)S(C)(=O)=O. The average Bonchev–Trinajstić information content (AvgIpc) is 2.76. The van der Waals surface area contributed by atoms with Gasteiger partial charge in [0.25, 0.3) is 0 Å². The van der Waals surface area contributed by atoms with Crippen molar-refractivity contribution in [1.29, 1.82) is 0 Å². The number of nitrogens with zero attached hydrogens (tertiary/aromatic N) is 2. The van der Waals surface area contributed by atoms with Crippen LogP contribution in [0, 0.1) is 6.92 Å². The van der Waals surface area contributed by atoms with Gasteiger partial charge in [-0.15, -0.1) is 0 Å². The standard InChI is InChI=1S/C22H27Cl2N3O5S/c1-14-6-9-20(32-4)19(10-14)27(33(5,30)31)13-21(28)26(15(2)22(29)25-3)12-16-7-8-17(23)18(24)11-16/h6-11,15H,12-13H2,1-5H3,(H,25,29)/t15-/m0/s1. The van der Waals surface area contributed by atoms with Crippen molar-refractivity contribution in [3.63, 3.8) is 0 Å². The number of ether oxygens (including phenoxy) is 1. The molecular weight excluding hydrogens is 489 g/mol. The van der Waals surface area contributed by atoms with Gasteiger partial charge in [-0.05, 0) is 49.2 Å². The zero-order valence-electron chi connectivity index (χ0n) is 19.1. The number of amides is 2. The topological polar surface area (TPSA) is 96.0 Å². The summed E-state index contributed by atoms with van der Waals surface area (Å²) in [5.41, 5.74) is 1.65. The predicted molar refractivity (Wildman–Crippen MR) is 130 cm³/mol. The largest absolute Gasteiger partial charge is 0.495 e. The molecule has 0 aliphatic carbocycles. The number of carbonyl (C=O) groups is 2. The lowest BCUT2D eigenvalue weighted by molar-refractivity contribution is -0.139. The molecule has 0 aliphatic rings. The molecule has 180 valence electrons. The maximum Gasteiger partial charge on any atom is 0.244 e. The van der Waals surface area contributed by atoms with Gasteiger partial charge in [0.1, 0.15) is 18.3 Å². The molecule has 0 saturated heterocycles. The van der Waals surface area contributed by atoms with E-state index < -0.39 is 34.4 Å². The minimum absolute atomic E-state index is 0.0207. The molecule has 8 nitrogen and oxygen atoms in total. The third kappa shape index (κ3) is 6.75. The third-order valence-electron chi connectivity index (χ3n) is 5.03. The first kappa shape index (κ1) is 26.8. The van der Waals surface area contributed by atoms with Gasteiger partial charge in [0, 0.05) is 13.6 Å². The molecule has 0 spiro atoms. The van der Waals surface area contributed by atoms with E-state index in [0.29, 0.717) is 21.4 Å². The molecule has 2 aromatic rings. The molecule has 0 heterocycles. The van der Waals surface area contributed by atoms with Gasteiger partial charge in [0.05, 0.1) is 29.1 Å². The molecule has 0 unspecified atom stereocenters. The Bertz CT molecular complexity index is 1140. The van der Waals surface area contributed by atoms with Crippen molar-refractivity contribution >= 4 is 50.7 Å². The molecule has 2 aromatic carbocycles. The van der Waals surface area contributed by atoms with Crippen LogP contribution in [0.5, 0.6) is 5.75 Å². The number of hydrogen-bond acceptors (Lipinski definition) is 5. The Balaban J connectivity index is 2.47. The minimum atomic E-state index is -3.87. The number of sulfonamides is 1. The number of nitrogens with one attached hydrogen (secondary N) is 1. The molecule has 11 heteroatoms. The van der Waals surface area contributed by atoms with Gasteiger partial charge in [0.15, 0.2) is 0 Å². The molecule has 1 atom stereocenters. The second-order valence-electron chi connectivity index (χ2n) is 7.51. The molecule has 0 aliphatic heterocycles. The van der Waals surface area contributed by atoms with Gasteiger partial charge in [-0.1, -0.05) is 35.3 Å². The lowest BCUT2D eigenvalue weighted by Gasteiger charge is -2.31. The molecule has 0 fully saturated rings. The van der Waals surface area contributed by atoms with E-state index in [4.69, 9.17) is 27.9 Å². The smallest absolute Gasteiger partial charge is 0.244 e. The molecular formula is C22H27Cl2N3O5S. The van der Waals surface area contributed by atoms with Crippen molar-refractivity contribution in [3.05, 3.63) is 57.6 Å².